The molecule has 0 saturated carbocycles. The fraction of sp³-hybridized carbons (Fsp3) is 1.00. The second-order valence-corrected chi connectivity index (χ2v) is 5.25. The minimum Gasteiger partial charge on any atom is -0.377 e. The Balaban J connectivity index is 2.22. The molecule has 1 heterocycles. The Hall–Kier alpha value is -0.160. The van der Waals surface area contributed by atoms with Crippen LogP contribution in [0, 0.1) is 0 Å². The summed E-state index contributed by atoms with van der Waals surface area (Å²) in [5.74, 6) is 0. The van der Waals surface area contributed by atoms with E-state index in [-0.39, 0.29) is 6.10 Å². The van der Waals surface area contributed by atoms with Gasteiger partial charge in [-0.2, -0.15) is 0 Å². The maximum Gasteiger partial charge on any atom is 0.0709 e. The van der Waals surface area contributed by atoms with Gasteiger partial charge in [-0.25, -0.2) is 0 Å². The summed E-state index contributed by atoms with van der Waals surface area (Å²) in [5.41, 5.74) is 5.71. The van der Waals surface area contributed by atoms with Crippen molar-refractivity contribution in [1.29, 1.82) is 0 Å². The summed E-state index contributed by atoms with van der Waals surface area (Å²) in [4.78, 5) is 5.03. The molecule has 108 valence electrons. The Morgan fingerprint density at radius 3 is 2.50 bits per heavy atom. The van der Waals surface area contributed by atoms with Crippen molar-refractivity contribution < 1.29 is 4.74 Å². The average Bonchev–Trinajstić information content (AvgIpc) is 2.43. The Kier molecular flexibility index (Phi) is 7.82. The first-order valence-corrected chi connectivity index (χ1v) is 7.45. The molecule has 0 aromatic heterocycles. The van der Waals surface area contributed by atoms with Crippen LogP contribution in [0.4, 0.5) is 0 Å². The SMILES string of the molecule is CCOC(CN)CCN(C)C1CCN(CC)CC1. The Bertz CT molecular complexity index is 205. The first-order chi connectivity index (χ1) is 8.71. The third-order valence-corrected chi connectivity index (χ3v) is 4.10. The monoisotopic (exact) mass is 257 g/mol. The first-order valence-electron chi connectivity index (χ1n) is 7.45. The number of hydrogen-bond acceptors (Lipinski definition) is 4. The first kappa shape index (κ1) is 15.9. The highest BCUT2D eigenvalue weighted by Crippen LogP contribution is 2.15. The van der Waals surface area contributed by atoms with Gasteiger partial charge >= 0.3 is 0 Å². The highest BCUT2D eigenvalue weighted by atomic mass is 16.5. The van der Waals surface area contributed by atoms with Crippen LogP contribution < -0.4 is 5.73 Å². The van der Waals surface area contributed by atoms with Gasteiger partial charge in [0.2, 0.25) is 0 Å². The fourth-order valence-electron chi connectivity index (χ4n) is 2.71. The molecular weight excluding hydrogens is 226 g/mol. The van der Waals surface area contributed by atoms with Crippen molar-refractivity contribution >= 4 is 0 Å². The Morgan fingerprint density at radius 2 is 2.00 bits per heavy atom. The van der Waals surface area contributed by atoms with Gasteiger partial charge in [0.25, 0.3) is 0 Å². The molecule has 0 aliphatic carbocycles. The molecular formula is C14H31N3O. The van der Waals surface area contributed by atoms with E-state index in [1.165, 1.54) is 32.5 Å². The smallest absolute Gasteiger partial charge is 0.0709 e. The molecule has 1 atom stereocenters. The number of nitrogens with two attached hydrogens (primary N) is 1. The molecule has 0 spiro atoms. The summed E-state index contributed by atoms with van der Waals surface area (Å²) in [5, 5.41) is 0. The molecule has 1 rings (SSSR count). The Morgan fingerprint density at radius 1 is 1.33 bits per heavy atom. The molecule has 0 radical (unpaired) electrons. The van der Waals surface area contributed by atoms with Crippen molar-refractivity contribution in [1.82, 2.24) is 9.80 Å². The Labute approximate surface area is 112 Å². The van der Waals surface area contributed by atoms with Crippen LogP contribution in [0.3, 0.4) is 0 Å². The van der Waals surface area contributed by atoms with Gasteiger partial charge < -0.3 is 20.3 Å². The molecule has 0 aromatic carbocycles. The van der Waals surface area contributed by atoms with Gasteiger partial charge in [-0.1, -0.05) is 6.92 Å². The summed E-state index contributed by atoms with van der Waals surface area (Å²) < 4.78 is 5.60. The second kappa shape index (κ2) is 8.86. The van der Waals surface area contributed by atoms with Gasteiger partial charge in [-0.15, -0.1) is 0 Å². The van der Waals surface area contributed by atoms with Gasteiger partial charge in [0.1, 0.15) is 0 Å². The highest BCUT2D eigenvalue weighted by Gasteiger charge is 2.21. The van der Waals surface area contributed by atoms with Gasteiger partial charge in [0.05, 0.1) is 6.10 Å². The third-order valence-electron chi connectivity index (χ3n) is 4.10. The molecule has 0 bridgehead atoms. The van der Waals surface area contributed by atoms with Crippen LogP contribution in [0.25, 0.3) is 0 Å². The van der Waals surface area contributed by atoms with Gasteiger partial charge in [-0.05, 0) is 52.9 Å². The van der Waals surface area contributed by atoms with Crippen molar-refractivity contribution in [3.8, 4) is 0 Å². The number of ether oxygens (including phenoxy) is 1. The van der Waals surface area contributed by atoms with Crippen molar-refractivity contribution in [3.05, 3.63) is 0 Å². The number of hydrogen-bond donors (Lipinski definition) is 1. The predicted octanol–water partition coefficient (Wildman–Crippen LogP) is 1.16. The summed E-state index contributed by atoms with van der Waals surface area (Å²) in [6.07, 6.45) is 3.88. The molecule has 2 N–H and O–H groups in total. The van der Waals surface area contributed by atoms with Crippen LogP contribution in [0.15, 0.2) is 0 Å². The minimum atomic E-state index is 0.230. The second-order valence-electron chi connectivity index (χ2n) is 5.25. The quantitative estimate of drug-likeness (QED) is 0.708. The van der Waals surface area contributed by atoms with E-state index in [2.05, 4.69) is 23.8 Å². The standard InChI is InChI=1S/C14H31N3O/c1-4-17-10-6-13(7-11-17)16(3)9-8-14(12-15)18-5-2/h13-14H,4-12,15H2,1-3H3. The van der Waals surface area contributed by atoms with E-state index in [4.69, 9.17) is 10.5 Å². The lowest BCUT2D eigenvalue weighted by Crippen LogP contribution is -2.44. The van der Waals surface area contributed by atoms with E-state index in [0.717, 1.165) is 25.6 Å². The number of likely N-dealkylation sites (tertiary alicyclic amines) is 1. The maximum atomic E-state index is 5.71. The van der Waals surface area contributed by atoms with Gasteiger partial charge in [-0.3, -0.25) is 0 Å². The zero-order valence-electron chi connectivity index (χ0n) is 12.4. The fourth-order valence-corrected chi connectivity index (χ4v) is 2.71. The van der Waals surface area contributed by atoms with E-state index in [1.54, 1.807) is 0 Å². The van der Waals surface area contributed by atoms with E-state index < -0.39 is 0 Å². The third kappa shape index (κ3) is 5.22. The lowest BCUT2D eigenvalue weighted by atomic mass is 10.0. The van der Waals surface area contributed by atoms with Crippen LogP contribution >= 0.6 is 0 Å². The molecule has 0 aromatic rings. The van der Waals surface area contributed by atoms with Crippen LogP contribution in [-0.2, 0) is 4.74 Å². The van der Waals surface area contributed by atoms with Crippen molar-refractivity contribution in [2.24, 2.45) is 5.73 Å². The van der Waals surface area contributed by atoms with E-state index in [0.29, 0.717) is 6.54 Å². The van der Waals surface area contributed by atoms with Crippen LogP contribution in [0.2, 0.25) is 0 Å². The van der Waals surface area contributed by atoms with E-state index >= 15 is 0 Å². The van der Waals surface area contributed by atoms with Gasteiger partial charge in [0, 0.05) is 25.7 Å². The summed E-state index contributed by atoms with van der Waals surface area (Å²) >= 11 is 0. The molecule has 4 heteroatoms. The normalized spacial score (nSPS) is 20.5. The number of rotatable bonds is 8. The van der Waals surface area contributed by atoms with Crippen LogP contribution in [-0.4, -0.2) is 68.3 Å². The highest BCUT2D eigenvalue weighted by molar-refractivity contribution is 4.78. The predicted molar refractivity (Wildman–Crippen MR) is 76.9 cm³/mol. The molecule has 1 aliphatic heterocycles. The summed E-state index contributed by atoms with van der Waals surface area (Å²) in [6.45, 7) is 10.5. The van der Waals surface area contributed by atoms with Crippen LogP contribution in [0.1, 0.15) is 33.1 Å². The topological polar surface area (TPSA) is 41.7 Å². The van der Waals surface area contributed by atoms with E-state index in [9.17, 15) is 0 Å². The minimum absolute atomic E-state index is 0.230. The van der Waals surface area contributed by atoms with Crippen molar-refractivity contribution in [2.75, 3.05) is 46.4 Å². The summed E-state index contributed by atoms with van der Waals surface area (Å²) in [6, 6.07) is 0.743. The average molecular weight is 257 g/mol. The summed E-state index contributed by atoms with van der Waals surface area (Å²) in [7, 11) is 2.24. The molecule has 18 heavy (non-hydrogen) atoms. The molecule has 4 nitrogen and oxygen atoms in total. The molecule has 1 saturated heterocycles. The molecule has 1 aliphatic rings. The van der Waals surface area contributed by atoms with Crippen LogP contribution in [0.5, 0.6) is 0 Å². The molecule has 1 fully saturated rings. The zero-order chi connectivity index (χ0) is 13.4. The van der Waals surface area contributed by atoms with Crippen molar-refractivity contribution in [3.63, 3.8) is 0 Å². The largest absolute Gasteiger partial charge is 0.377 e. The lowest BCUT2D eigenvalue weighted by Gasteiger charge is -2.36. The molecule has 1 unspecified atom stereocenters. The lowest BCUT2D eigenvalue weighted by molar-refractivity contribution is 0.0480. The zero-order valence-corrected chi connectivity index (χ0v) is 12.4. The number of piperidine rings is 1. The maximum absolute atomic E-state index is 5.71. The van der Waals surface area contributed by atoms with Crippen molar-refractivity contribution in [2.45, 2.75) is 45.3 Å². The van der Waals surface area contributed by atoms with E-state index in [1.807, 2.05) is 6.92 Å². The van der Waals surface area contributed by atoms with Gasteiger partial charge in [0.15, 0.2) is 0 Å². The number of nitrogens with zero attached hydrogens (tertiary/aromatic N) is 2. The molecule has 0 amide bonds.